The first-order valence-corrected chi connectivity index (χ1v) is 5.33. The second kappa shape index (κ2) is 5.12. The summed E-state index contributed by atoms with van der Waals surface area (Å²) in [5, 5.41) is 0.239. The minimum Gasteiger partial charge on any atom is -0.360 e. The van der Waals surface area contributed by atoms with Gasteiger partial charge in [0.25, 0.3) is 0 Å². The van der Waals surface area contributed by atoms with Crippen molar-refractivity contribution in [1.29, 1.82) is 0 Å². The van der Waals surface area contributed by atoms with Gasteiger partial charge in [-0.3, -0.25) is 0 Å². The average Bonchev–Trinajstić information content (AvgIpc) is 1.99. The maximum absolute atomic E-state index is 12.0. The minimum atomic E-state index is -5.44. The predicted octanol–water partition coefficient (Wildman–Crippen LogP) is 3.92. The van der Waals surface area contributed by atoms with Crippen molar-refractivity contribution in [1.82, 2.24) is 0 Å². The Kier molecular flexibility index (Phi) is 5.12. The molecule has 0 aliphatic carbocycles. The topological polar surface area (TPSA) is 9.23 Å². The molecule has 0 fully saturated rings. The fourth-order valence-corrected chi connectivity index (χ4v) is 0.884. The molecule has 0 rings (SSSR count). The van der Waals surface area contributed by atoms with E-state index in [2.05, 4.69) is 20.7 Å². The molecule has 0 unspecified atom stereocenters. The smallest absolute Gasteiger partial charge is 0.360 e. The monoisotopic (exact) mass is 316 g/mol. The van der Waals surface area contributed by atoms with E-state index in [1.165, 1.54) is 13.8 Å². The molecule has 0 spiro atoms. The highest BCUT2D eigenvalue weighted by atomic mass is 79.9. The third kappa shape index (κ3) is 5.38. The molecule has 0 saturated heterocycles. The molecule has 1 nitrogen and oxygen atoms in total. The molecule has 0 aromatic heterocycles. The van der Waals surface area contributed by atoms with Crippen molar-refractivity contribution in [3.05, 3.63) is 0 Å². The van der Waals surface area contributed by atoms with Crippen LogP contribution in [-0.4, -0.2) is 30.4 Å². The first kappa shape index (κ1) is 16.0. The number of rotatable bonds is 4. The maximum atomic E-state index is 12.0. The number of hydrogen-bond acceptors (Lipinski definition) is 1. The van der Waals surface area contributed by atoms with E-state index in [1.807, 2.05) is 0 Å². The van der Waals surface area contributed by atoms with Crippen LogP contribution in [0.15, 0.2) is 0 Å². The largest absolute Gasteiger partial charge is 0.423 e. The van der Waals surface area contributed by atoms with E-state index in [0.29, 0.717) is 0 Å². The Morgan fingerprint density at radius 1 is 1.00 bits per heavy atom. The molecule has 0 amide bonds. The molecular formula is C8H11BrF6O. The lowest BCUT2D eigenvalue weighted by molar-refractivity contribution is -0.325. The zero-order chi connectivity index (χ0) is 13.2. The van der Waals surface area contributed by atoms with Crippen molar-refractivity contribution in [3.8, 4) is 0 Å². The zero-order valence-electron chi connectivity index (χ0n) is 8.55. The lowest BCUT2D eigenvalue weighted by atomic mass is 9.98. The van der Waals surface area contributed by atoms with Crippen LogP contribution in [0.25, 0.3) is 0 Å². The molecule has 0 saturated carbocycles. The molecule has 0 aromatic carbocycles. The summed E-state index contributed by atoms with van der Waals surface area (Å²) in [6.07, 6.45) is -14.6. The second-order valence-electron chi connectivity index (χ2n) is 4.07. The Morgan fingerprint density at radius 2 is 1.38 bits per heavy atom. The normalized spacial score (nSPS) is 14.6. The molecule has 0 N–H and O–H groups in total. The Labute approximate surface area is 97.3 Å². The van der Waals surface area contributed by atoms with Crippen LogP contribution in [0.2, 0.25) is 0 Å². The highest BCUT2D eigenvalue weighted by molar-refractivity contribution is 9.09. The SMILES string of the molecule is CC(C)(CBr)COC(C(F)(F)F)C(F)(F)F. The third-order valence-corrected chi connectivity index (χ3v) is 3.12. The van der Waals surface area contributed by atoms with E-state index >= 15 is 0 Å². The van der Waals surface area contributed by atoms with Crippen molar-refractivity contribution in [2.24, 2.45) is 5.41 Å². The van der Waals surface area contributed by atoms with Crippen LogP contribution in [0.1, 0.15) is 13.8 Å². The number of alkyl halides is 7. The van der Waals surface area contributed by atoms with Gasteiger partial charge < -0.3 is 4.74 Å². The van der Waals surface area contributed by atoms with Gasteiger partial charge in [-0.05, 0) is 5.41 Å². The van der Waals surface area contributed by atoms with Gasteiger partial charge >= 0.3 is 12.4 Å². The minimum absolute atomic E-state index is 0.239. The van der Waals surface area contributed by atoms with E-state index in [-0.39, 0.29) is 5.33 Å². The molecule has 0 atom stereocenters. The Balaban J connectivity index is 4.61. The quantitative estimate of drug-likeness (QED) is 0.564. The number of ether oxygens (including phenoxy) is 1. The van der Waals surface area contributed by atoms with E-state index in [0.717, 1.165) is 0 Å². The second-order valence-corrected chi connectivity index (χ2v) is 4.63. The van der Waals surface area contributed by atoms with Gasteiger partial charge in [-0.1, -0.05) is 29.8 Å². The van der Waals surface area contributed by atoms with E-state index in [9.17, 15) is 26.3 Å². The van der Waals surface area contributed by atoms with Crippen LogP contribution in [0.3, 0.4) is 0 Å². The standard InChI is InChI=1S/C8H11BrF6O/c1-6(2,3-9)4-16-5(7(10,11)12)8(13,14)15/h5H,3-4H2,1-2H3. The summed E-state index contributed by atoms with van der Waals surface area (Å²) >= 11 is 2.98. The summed E-state index contributed by atoms with van der Waals surface area (Å²) in [6.45, 7) is 2.35. The van der Waals surface area contributed by atoms with Crippen LogP contribution in [0.5, 0.6) is 0 Å². The molecule has 16 heavy (non-hydrogen) atoms. The van der Waals surface area contributed by atoms with E-state index in [4.69, 9.17) is 0 Å². The van der Waals surface area contributed by atoms with Crippen LogP contribution in [-0.2, 0) is 4.74 Å². The zero-order valence-corrected chi connectivity index (χ0v) is 10.1. The van der Waals surface area contributed by atoms with Crippen molar-refractivity contribution >= 4 is 15.9 Å². The summed E-state index contributed by atoms with van der Waals surface area (Å²) < 4.78 is 76.2. The van der Waals surface area contributed by atoms with Crippen molar-refractivity contribution in [2.45, 2.75) is 32.3 Å². The van der Waals surface area contributed by atoms with Gasteiger partial charge in [0.15, 0.2) is 0 Å². The van der Waals surface area contributed by atoms with E-state index < -0.39 is 30.5 Å². The van der Waals surface area contributed by atoms with Crippen LogP contribution in [0.4, 0.5) is 26.3 Å². The van der Waals surface area contributed by atoms with Gasteiger partial charge in [0, 0.05) is 5.33 Å². The first-order chi connectivity index (χ1) is 6.90. The van der Waals surface area contributed by atoms with Crippen LogP contribution < -0.4 is 0 Å². The van der Waals surface area contributed by atoms with Crippen molar-refractivity contribution in [3.63, 3.8) is 0 Å². The molecule has 0 bridgehead atoms. The van der Waals surface area contributed by atoms with Gasteiger partial charge in [0.2, 0.25) is 6.10 Å². The lowest BCUT2D eigenvalue weighted by Gasteiger charge is -2.28. The lowest BCUT2D eigenvalue weighted by Crippen LogP contribution is -2.46. The summed E-state index contributed by atoms with van der Waals surface area (Å²) in [6, 6.07) is 0. The van der Waals surface area contributed by atoms with Crippen molar-refractivity contribution < 1.29 is 31.1 Å². The average molecular weight is 317 g/mol. The Morgan fingerprint density at radius 3 is 1.62 bits per heavy atom. The molecular weight excluding hydrogens is 306 g/mol. The third-order valence-electron chi connectivity index (χ3n) is 1.60. The molecule has 0 aromatic rings. The first-order valence-electron chi connectivity index (χ1n) is 4.21. The Bertz CT molecular complexity index is 208. The van der Waals surface area contributed by atoms with Gasteiger partial charge in [-0.2, -0.15) is 26.3 Å². The predicted molar refractivity (Wildman–Crippen MR) is 49.4 cm³/mol. The molecule has 0 aliphatic rings. The summed E-state index contributed by atoms with van der Waals surface area (Å²) in [7, 11) is 0. The molecule has 0 heterocycles. The van der Waals surface area contributed by atoms with Gasteiger partial charge in [0.1, 0.15) is 0 Å². The van der Waals surface area contributed by atoms with Crippen molar-refractivity contribution in [2.75, 3.05) is 11.9 Å². The molecule has 8 heteroatoms. The highest BCUT2D eigenvalue weighted by Gasteiger charge is 2.58. The number of hydrogen-bond donors (Lipinski definition) is 0. The fraction of sp³-hybridized carbons (Fsp3) is 1.00. The van der Waals surface area contributed by atoms with Gasteiger partial charge in [-0.15, -0.1) is 0 Å². The number of halogens is 7. The summed E-state index contributed by atoms with van der Waals surface area (Å²) in [5.74, 6) is 0. The van der Waals surface area contributed by atoms with Gasteiger partial charge in [0.05, 0.1) is 6.61 Å². The Hall–Kier alpha value is 0.0200. The van der Waals surface area contributed by atoms with E-state index in [1.54, 1.807) is 0 Å². The summed E-state index contributed by atoms with van der Waals surface area (Å²) in [5.41, 5.74) is -0.797. The maximum Gasteiger partial charge on any atom is 0.423 e. The summed E-state index contributed by atoms with van der Waals surface area (Å²) in [4.78, 5) is 0. The van der Waals surface area contributed by atoms with Gasteiger partial charge in [-0.25, -0.2) is 0 Å². The molecule has 0 radical (unpaired) electrons. The highest BCUT2D eigenvalue weighted by Crippen LogP contribution is 2.36. The van der Waals surface area contributed by atoms with Crippen LogP contribution >= 0.6 is 15.9 Å². The van der Waals surface area contributed by atoms with Crippen LogP contribution in [0, 0.1) is 5.41 Å². The fourth-order valence-electron chi connectivity index (χ4n) is 0.722. The molecule has 98 valence electrons. The molecule has 0 aliphatic heterocycles.